The Bertz CT molecular complexity index is 175. The molecule has 1 rings (SSSR count). The fourth-order valence-corrected chi connectivity index (χ4v) is 0.510. The van der Waals surface area contributed by atoms with Gasteiger partial charge in [-0.3, -0.25) is 4.79 Å². The average molecular weight is 159 g/mol. The zero-order valence-corrected chi connectivity index (χ0v) is 5.87. The van der Waals surface area contributed by atoms with E-state index in [0.29, 0.717) is 0 Å². The summed E-state index contributed by atoms with van der Waals surface area (Å²) in [6.07, 6.45) is 1.39. The Hall–Kier alpha value is -1.10. The molecule has 0 spiro atoms. The molecule has 0 radical (unpaired) electrons. The quantitative estimate of drug-likeness (QED) is 0.434. The maximum absolute atomic E-state index is 10.5. The zero-order valence-electron chi connectivity index (χ0n) is 5.87. The smallest absolute Gasteiger partial charge is 0.335 e. The maximum atomic E-state index is 10.5. The number of nitrogens with one attached hydrogen (secondary N) is 1. The molecule has 0 aromatic rings. The summed E-state index contributed by atoms with van der Waals surface area (Å²) in [5.41, 5.74) is 2.45. The molecule has 0 atom stereocenters. The number of carbonyl (C=O) groups excluding carboxylic acids is 1. The van der Waals surface area contributed by atoms with Gasteiger partial charge < -0.3 is 9.94 Å². The molecule has 1 aliphatic carbocycles. The van der Waals surface area contributed by atoms with E-state index in [0.717, 1.165) is 12.8 Å². The first-order valence-electron chi connectivity index (χ1n) is 3.35. The summed E-state index contributed by atoms with van der Waals surface area (Å²) < 4.78 is 0. The van der Waals surface area contributed by atoms with E-state index < -0.39 is 18.4 Å². The second-order valence-electron chi connectivity index (χ2n) is 2.44. The Labute approximate surface area is 63.3 Å². The minimum atomic E-state index is -1.17. The van der Waals surface area contributed by atoms with Crippen LogP contribution in [0.4, 0.5) is 0 Å². The molecule has 0 aromatic carbocycles. The number of carboxylic acid groups (broad SMARTS) is 1. The van der Waals surface area contributed by atoms with Gasteiger partial charge in [-0.05, 0) is 12.8 Å². The van der Waals surface area contributed by atoms with Gasteiger partial charge in [-0.1, -0.05) is 0 Å². The van der Waals surface area contributed by atoms with Crippen LogP contribution in [0.2, 0.25) is 0 Å². The Kier molecular flexibility index (Phi) is 2.43. The van der Waals surface area contributed by atoms with Crippen molar-refractivity contribution < 1.29 is 19.5 Å². The fourth-order valence-electron chi connectivity index (χ4n) is 0.510. The lowest BCUT2D eigenvalue weighted by Gasteiger charge is -2.00. The lowest BCUT2D eigenvalue weighted by atomic mass is 10.5. The van der Waals surface area contributed by atoms with Crippen molar-refractivity contribution >= 4 is 11.9 Å². The summed E-state index contributed by atoms with van der Waals surface area (Å²) in [4.78, 5) is 24.9. The third-order valence-electron chi connectivity index (χ3n) is 1.21. The van der Waals surface area contributed by atoms with Gasteiger partial charge >= 0.3 is 11.9 Å². The number of rotatable bonds is 4. The average Bonchev–Trinajstić information content (AvgIpc) is 2.63. The summed E-state index contributed by atoms with van der Waals surface area (Å²) in [6, 6.07) is 0.243. The van der Waals surface area contributed by atoms with Gasteiger partial charge in [0.25, 0.3) is 0 Å². The Morgan fingerprint density at radius 3 is 2.64 bits per heavy atom. The van der Waals surface area contributed by atoms with Crippen molar-refractivity contribution in [2.75, 3.05) is 0 Å². The topological polar surface area (TPSA) is 75.6 Å². The van der Waals surface area contributed by atoms with Crippen molar-refractivity contribution in [3.8, 4) is 0 Å². The van der Waals surface area contributed by atoms with E-state index in [1.807, 2.05) is 0 Å². The van der Waals surface area contributed by atoms with E-state index in [2.05, 4.69) is 10.3 Å². The van der Waals surface area contributed by atoms with E-state index in [4.69, 9.17) is 5.11 Å². The summed E-state index contributed by atoms with van der Waals surface area (Å²) in [7, 11) is 0. The molecule has 62 valence electrons. The number of carboxylic acids is 1. The van der Waals surface area contributed by atoms with E-state index in [1.165, 1.54) is 0 Å². The second-order valence-corrected chi connectivity index (χ2v) is 2.44. The Balaban J connectivity index is 2.04. The number of hydrogen-bond donors (Lipinski definition) is 2. The summed E-state index contributed by atoms with van der Waals surface area (Å²) in [5, 5.41) is 8.14. The number of hydroxylamine groups is 1. The standard InChI is InChI=1S/C6H9NO4/c8-5(9)3-6(10)11-7-4-1-2-4/h4,7H,1-3H2,(H,8,9). The molecule has 0 aliphatic heterocycles. The van der Waals surface area contributed by atoms with Gasteiger partial charge in [-0.2, -0.15) is 5.48 Å². The lowest BCUT2D eigenvalue weighted by Crippen LogP contribution is -2.23. The largest absolute Gasteiger partial charge is 0.481 e. The molecular weight excluding hydrogens is 150 g/mol. The van der Waals surface area contributed by atoms with Crippen LogP contribution in [-0.2, 0) is 14.4 Å². The molecule has 2 N–H and O–H groups in total. The Morgan fingerprint density at radius 1 is 1.55 bits per heavy atom. The van der Waals surface area contributed by atoms with E-state index in [1.54, 1.807) is 0 Å². The minimum Gasteiger partial charge on any atom is -0.481 e. The molecule has 1 aliphatic rings. The Morgan fingerprint density at radius 2 is 2.18 bits per heavy atom. The van der Waals surface area contributed by atoms with E-state index in [9.17, 15) is 9.59 Å². The first-order chi connectivity index (χ1) is 5.18. The monoisotopic (exact) mass is 159 g/mol. The highest BCUT2D eigenvalue weighted by Crippen LogP contribution is 2.18. The highest BCUT2D eigenvalue weighted by atomic mass is 16.7. The molecule has 0 amide bonds. The third-order valence-corrected chi connectivity index (χ3v) is 1.21. The van der Waals surface area contributed by atoms with Crippen LogP contribution in [0.15, 0.2) is 0 Å². The van der Waals surface area contributed by atoms with Crippen molar-refractivity contribution in [1.29, 1.82) is 0 Å². The predicted molar refractivity (Wildman–Crippen MR) is 34.5 cm³/mol. The molecule has 0 heterocycles. The molecule has 1 saturated carbocycles. The molecule has 0 saturated heterocycles. The SMILES string of the molecule is O=C(O)CC(=O)ONC1CC1. The summed E-state index contributed by atoms with van der Waals surface area (Å²) in [6.45, 7) is 0. The molecular formula is C6H9NO4. The summed E-state index contributed by atoms with van der Waals surface area (Å²) in [5.74, 6) is -1.92. The zero-order chi connectivity index (χ0) is 8.27. The van der Waals surface area contributed by atoms with Crippen LogP contribution in [-0.4, -0.2) is 23.1 Å². The summed E-state index contributed by atoms with van der Waals surface area (Å²) >= 11 is 0. The van der Waals surface area contributed by atoms with E-state index >= 15 is 0 Å². The lowest BCUT2D eigenvalue weighted by molar-refractivity contribution is -0.157. The molecule has 1 fully saturated rings. The van der Waals surface area contributed by atoms with Crippen molar-refractivity contribution in [2.45, 2.75) is 25.3 Å². The van der Waals surface area contributed by atoms with E-state index in [-0.39, 0.29) is 6.04 Å². The van der Waals surface area contributed by atoms with Gasteiger partial charge in [0.2, 0.25) is 0 Å². The molecule has 5 nitrogen and oxygen atoms in total. The predicted octanol–water partition coefficient (Wildman–Crippen LogP) is -0.329. The molecule has 0 unspecified atom stereocenters. The first kappa shape index (κ1) is 8.00. The van der Waals surface area contributed by atoms with Crippen molar-refractivity contribution in [2.24, 2.45) is 0 Å². The number of hydrogen-bond acceptors (Lipinski definition) is 4. The van der Waals surface area contributed by atoms with Crippen molar-refractivity contribution in [3.05, 3.63) is 0 Å². The van der Waals surface area contributed by atoms with Gasteiger partial charge in [-0.25, -0.2) is 4.79 Å². The second kappa shape index (κ2) is 3.34. The van der Waals surface area contributed by atoms with Crippen LogP contribution in [0, 0.1) is 0 Å². The van der Waals surface area contributed by atoms with Crippen LogP contribution in [0.5, 0.6) is 0 Å². The molecule has 0 bridgehead atoms. The molecule has 5 heteroatoms. The molecule has 0 aromatic heterocycles. The van der Waals surface area contributed by atoms with Crippen LogP contribution >= 0.6 is 0 Å². The van der Waals surface area contributed by atoms with Gasteiger partial charge in [0.1, 0.15) is 6.42 Å². The first-order valence-corrected chi connectivity index (χ1v) is 3.35. The molecule has 11 heavy (non-hydrogen) atoms. The van der Waals surface area contributed by atoms with Crippen LogP contribution in [0.1, 0.15) is 19.3 Å². The van der Waals surface area contributed by atoms with Crippen molar-refractivity contribution in [1.82, 2.24) is 5.48 Å². The van der Waals surface area contributed by atoms with Crippen molar-refractivity contribution in [3.63, 3.8) is 0 Å². The third kappa shape index (κ3) is 3.57. The highest BCUT2D eigenvalue weighted by Gasteiger charge is 2.23. The number of aliphatic carboxylic acids is 1. The van der Waals surface area contributed by atoms with Crippen LogP contribution in [0.3, 0.4) is 0 Å². The highest BCUT2D eigenvalue weighted by molar-refractivity contribution is 5.89. The van der Waals surface area contributed by atoms with Gasteiger partial charge in [-0.15, -0.1) is 0 Å². The van der Waals surface area contributed by atoms with Gasteiger partial charge in [0.05, 0.1) is 0 Å². The van der Waals surface area contributed by atoms with Crippen LogP contribution < -0.4 is 5.48 Å². The fraction of sp³-hybridized carbons (Fsp3) is 0.667. The minimum absolute atomic E-state index is 0.243. The maximum Gasteiger partial charge on any atom is 0.335 e. The van der Waals surface area contributed by atoms with Gasteiger partial charge in [0, 0.05) is 6.04 Å². The normalized spacial score (nSPS) is 16.0. The van der Waals surface area contributed by atoms with Gasteiger partial charge in [0.15, 0.2) is 0 Å². The number of carbonyl (C=O) groups is 2. The van der Waals surface area contributed by atoms with Crippen LogP contribution in [0.25, 0.3) is 0 Å².